The van der Waals surface area contributed by atoms with Gasteiger partial charge in [0.25, 0.3) is 0 Å². The van der Waals surface area contributed by atoms with Gasteiger partial charge in [-0.25, -0.2) is 0 Å². The Balaban J connectivity index is 2.03. The maximum atomic E-state index is 12.2. The number of carbonyl (C=O) groups excluding carboxylic acids is 1. The smallest absolute Gasteiger partial charge is 0.237 e. The third-order valence-corrected chi connectivity index (χ3v) is 4.69. The number of amides is 1. The number of hydrogen-bond donors (Lipinski definition) is 1. The van der Waals surface area contributed by atoms with Crippen molar-refractivity contribution in [1.82, 2.24) is 0 Å². The lowest BCUT2D eigenvalue weighted by Crippen LogP contribution is -2.29. The summed E-state index contributed by atoms with van der Waals surface area (Å²) in [5, 5.41) is 13.6. The number of benzene rings is 1. The molecule has 6 heteroatoms. The maximum absolute atomic E-state index is 12.2. The highest BCUT2D eigenvalue weighted by Crippen LogP contribution is 2.51. The number of nitrogens with zero attached hydrogens (tertiary/aromatic N) is 1. The molecule has 2 unspecified atom stereocenters. The summed E-state index contributed by atoms with van der Waals surface area (Å²) in [5.41, 5.74) is -0.127. The SMILES string of the molecule is CCSc1ccc(NC(=O)C2(CC)CC2[N+](=O)[O-])cc1. The Morgan fingerprint density at radius 2 is 2.10 bits per heavy atom. The molecule has 1 amide bonds. The molecular formula is C14H18N2O3S. The lowest BCUT2D eigenvalue weighted by atomic mass is 10.0. The molecule has 5 nitrogen and oxygen atoms in total. The van der Waals surface area contributed by atoms with Gasteiger partial charge in [-0.3, -0.25) is 14.9 Å². The number of nitrogens with one attached hydrogen (secondary N) is 1. The van der Waals surface area contributed by atoms with Crippen LogP contribution in [0.3, 0.4) is 0 Å². The molecule has 0 aliphatic heterocycles. The number of anilines is 1. The fourth-order valence-corrected chi connectivity index (χ4v) is 3.07. The summed E-state index contributed by atoms with van der Waals surface area (Å²) in [6.45, 7) is 3.90. The lowest BCUT2D eigenvalue weighted by Gasteiger charge is -2.12. The van der Waals surface area contributed by atoms with Crippen molar-refractivity contribution >= 4 is 23.4 Å². The normalized spacial score (nSPS) is 24.2. The molecule has 0 radical (unpaired) electrons. The van der Waals surface area contributed by atoms with Crippen molar-refractivity contribution in [1.29, 1.82) is 0 Å². The van der Waals surface area contributed by atoms with Crippen LogP contribution in [0.15, 0.2) is 29.2 Å². The zero-order chi connectivity index (χ0) is 14.8. The second kappa shape index (κ2) is 5.83. The van der Waals surface area contributed by atoms with Gasteiger partial charge in [0.05, 0.1) is 0 Å². The molecule has 0 saturated heterocycles. The van der Waals surface area contributed by atoms with Crippen molar-refractivity contribution in [2.75, 3.05) is 11.1 Å². The highest BCUT2D eigenvalue weighted by atomic mass is 32.2. The van der Waals surface area contributed by atoms with Gasteiger partial charge in [-0.15, -0.1) is 11.8 Å². The molecule has 1 aromatic carbocycles. The van der Waals surface area contributed by atoms with Crippen LogP contribution in [0.25, 0.3) is 0 Å². The van der Waals surface area contributed by atoms with Crippen LogP contribution in [0.2, 0.25) is 0 Å². The minimum atomic E-state index is -0.819. The predicted molar refractivity (Wildman–Crippen MR) is 79.6 cm³/mol. The van der Waals surface area contributed by atoms with Crippen molar-refractivity contribution in [3.8, 4) is 0 Å². The Bertz CT molecular complexity index is 518. The van der Waals surface area contributed by atoms with E-state index in [-0.39, 0.29) is 10.8 Å². The highest BCUT2D eigenvalue weighted by Gasteiger charge is 2.67. The van der Waals surface area contributed by atoms with E-state index in [1.165, 1.54) is 0 Å². The minimum Gasteiger partial charge on any atom is -0.325 e. The van der Waals surface area contributed by atoms with E-state index in [1.54, 1.807) is 11.8 Å². The van der Waals surface area contributed by atoms with Gasteiger partial charge in [-0.05, 0) is 36.4 Å². The van der Waals surface area contributed by atoms with Crippen LogP contribution >= 0.6 is 11.8 Å². The molecule has 0 bridgehead atoms. The molecule has 0 aromatic heterocycles. The number of nitro groups is 1. The number of hydrogen-bond acceptors (Lipinski definition) is 4. The second-order valence-electron chi connectivity index (χ2n) is 4.93. The molecule has 1 aromatic rings. The molecule has 1 N–H and O–H groups in total. The minimum absolute atomic E-state index is 0.238. The fourth-order valence-electron chi connectivity index (χ4n) is 2.40. The quantitative estimate of drug-likeness (QED) is 0.497. The molecule has 2 atom stereocenters. The Kier molecular flexibility index (Phi) is 4.32. The number of thioether (sulfide) groups is 1. The average Bonchev–Trinajstić information content (AvgIpc) is 3.18. The van der Waals surface area contributed by atoms with Gasteiger partial charge in [-0.1, -0.05) is 13.8 Å². The van der Waals surface area contributed by atoms with Crippen LogP contribution in [0.4, 0.5) is 5.69 Å². The lowest BCUT2D eigenvalue weighted by molar-refractivity contribution is -0.501. The van der Waals surface area contributed by atoms with E-state index in [0.717, 1.165) is 10.6 Å². The Morgan fingerprint density at radius 3 is 2.55 bits per heavy atom. The molecule has 0 spiro atoms. The van der Waals surface area contributed by atoms with E-state index in [2.05, 4.69) is 12.2 Å². The third kappa shape index (κ3) is 2.80. The van der Waals surface area contributed by atoms with E-state index < -0.39 is 11.5 Å². The molecule has 20 heavy (non-hydrogen) atoms. The molecule has 108 valence electrons. The number of carbonyl (C=O) groups is 1. The molecule has 2 rings (SSSR count). The first kappa shape index (κ1) is 14.8. The summed E-state index contributed by atoms with van der Waals surface area (Å²) < 4.78 is 0. The zero-order valence-corrected chi connectivity index (χ0v) is 12.4. The van der Waals surface area contributed by atoms with Gasteiger partial charge in [0.2, 0.25) is 11.9 Å². The predicted octanol–water partition coefficient (Wildman–Crippen LogP) is 3.18. The molecular weight excluding hydrogens is 276 g/mol. The standard InChI is InChI=1S/C14H18N2O3S/c1-3-14(9-12(14)16(18)19)13(17)15-10-5-7-11(8-6-10)20-4-2/h5-8,12H,3-4,9H2,1-2H3,(H,15,17). The second-order valence-corrected chi connectivity index (χ2v) is 6.26. The van der Waals surface area contributed by atoms with E-state index in [1.807, 2.05) is 31.2 Å². The van der Waals surface area contributed by atoms with Crippen LogP contribution in [0.5, 0.6) is 0 Å². The van der Waals surface area contributed by atoms with Crippen molar-refractivity contribution in [3.63, 3.8) is 0 Å². The highest BCUT2D eigenvalue weighted by molar-refractivity contribution is 7.99. The summed E-state index contributed by atoms with van der Waals surface area (Å²) in [6, 6.07) is 6.83. The first-order valence-corrected chi connectivity index (χ1v) is 7.70. The van der Waals surface area contributed by atoms with Crippen molar-refractivity contribution in [3.05, 3.63) is 34.4 Å². The van der Waals surface area contributed by atoms with Gasteiger partial charge in [0, 0.05) is 21.9 Å². The third-order valence-electron chi connectivity index (χ3n) is 3.80. The summed E-state index contributed by atoms with van der Waals surface area (Å²) in [7, 11) is 0. The number of rotatable bonds is 6. The summed E-state index contributed by atoms with van der Waals surface area (Å²) in [6.07, 6.45) is 0.834. The summed E-state index contributed by atoms with van der Waals surface area (Å²) in [4.78, 5) is 23.9. The van der Waals surface area contributed by atoms with Gasteiger partial charge >= 0.3 is 0 Å². The van der Waals surface area contributed by atoms with Gasteiger partial charge in [0.1, 0.15) is 5.41 Å². The Morgan fingerprint density at radius 1 is 1.45 bits per heavy atom. The molecule has 1 fully saturated rings. The summed E-state index contributed by atoms with van der Waals surface area (Å²) >= 11 is 1.73. The summed E-state index contributed by atoms with van der Waals surface area (Å²) in [5.74, 6) is 0.757. The van der Waals surface area contributed by atoms with Crippen molar-refractivity contribution < 1.29 is 9.72 Å². The molecule has 1 aliphatic carbocycles. The van der Waals surface area contributed by atoms with Crippen LogP contribution in [-0.4, -0.2) is 22.6 Å². The van der Waals surface area contributed by atoms with Crippen LogP contribution in [0.1, 0.15) is 26.7 Å². The first-order valence-electron chi connectivity index (χ1n) is 6.71. The first-order chi connectivity index (χ1) is 9.53. The van der Waals surface area contributed by atoms with Crippen LogP contribution in [0, 0.1) is 15.5 Å². The van der Waals surface area contributed by atoms with Gasteiger partial charge in [0.15, 0.2) is 0 Å². The van der Waals surface area contributed by atoms with Crippen LogP contribution < -0.4 is 5.32 Å². The fraction of sp³-hybridized carbons (Fsp3) is 0.500. The maximum Gasteiger partial charge on any atom is 0.237 e. The van der Waals surface area contributed by atoms with Crippen molar-refractivity contribution in [2.24, 2.45) is 5.41 Å². The van der Waals surface area contributed by atoms with E-state index in [0.29, 0.717) is 18.5 Å². The van der Waals surface area contributed by atoms with Gasteiger partial charge < -0.3 is 5.32 Å². The molecule has 1 aliphatic rings. The largest absolute Gasteiger partial charge is 0.325 e. The monoisotopic (exact) mass is 294 g/mol. The molecule has 0 heterocycles. The van der Waals surface area contributed by atoms with Gasteiger partial charge in [-0.2, -0.15) is 0 Å². The van der Waals surface area contributed by atoms with E-state index in [4.69, 9.17) is 0 Å². The van der Waals surface area contributed by atoms with Crippen LogP contribution in [-0.2, 0) is 4.79 Å². The Hall–Kier alpha value is -1.56. The molecule has 1 saturated carbocycles. The topological polar surface area (TPSA) is 72.2 Å². The average molecular weight is 294 g/mol. The Labute approximate surface area is 122 Å². The zero-order valence-electron chi connectivity index (χ0n) is 11.6. The van der Waals surface area contributed by atoms with Crippen molar-refractivity contribution in [2.45, 2.75) is 37.6 Å². The van der Waals surface area contributed by atoms with E-state index in [9.17, 15) is 14.9 Å². The van der Waals surface area contributed by atoms with E-state index >= 15 is 0 Å².